The Morgan fingerprint density at radius 3 is 2.57 bits per heavy atom. The fourth-order valence-electron chi connectivity index (χ4n) is 2.58. The molecule has 7 nitrogen and oxygen atoms in total. The smallest absolute Gasteiger partial charge is 0.287 e. The van der Waals surface area contributed by atoms with Crippen LogP contribution in [0.1, 0.15) is 0 Å². The lowest BCUT2D eigenvalue weighted by molar-refractivity contribution is -0.113. The molecule has 3 rings (SSSR count). The predicted molar refractivity (Wildman–Crippen MR) is 109 cm³/mol. The van der Waals surface area contributed by atoms with Crippen LogP contribution in [0, 0.1) is 11.6 Å². The Morgan fingerprint density at radius 1 is 1.10 bits per heavy atom. The molecule has 0 bridgehead atoms. The molecule has 0 unspecified atom stereocenters. The third-order valence-corrected chi connectivity index (χ3v) is 4.96. The van der Waals surface area contributed by atoms with Crippen LogP contribution in [-0.4, -0.2) is 35.4 Å². The van der Waals surface area contributed by atoms with Crippen molar-refractivity contribution in [2.75, 3.05) is 25.3 Å². The van der Waals surface area contributed by atoms with Crippen molar-refractivity contribution in [3.63, 3.8) is 0 Å². The first kappa shape index (κ1) is 21.3. The number of hydrogen-bond acceptors (Lipinski definition) is 6. The van der Waals surface area contributed by atoms with Crippen molar-refractivity contribution in [2.24, 2.45) is 0 Å². The highest BCUT2D eigenvalue weighted by Crippen LogP contribution is 2.29. The van der Waals surface area contributed by atoms with Crippen molar-refractivity contribution in [3.8, 4) is 17.2 Å². The Labute approximate surface area is 174 Å². The molecule has 156 valence electrons. The van der Waals surface area contributed by atoms with Crippen molar-refractivity contribution in [1.29, 1.82) is 0 Å². The molecule has 0 saturated heterocycles. The fourth-order valence-corrected chi connectivity index (χ4v) is 3.27. The molecule has 0 saturated carbocycles. The van der Waals surface area contributed by atoms with E-state index >= 15 is 0 Å². The van der Waals surface area contributed by atoms with E-state index in [0.717, 1.165) is 28.5 Å². The maximum absolute atomic E-state index is 13.5. The summed E-state index contributed by atoms with van der Waals surface area (Å²) in [6.07, 6.45) is 2.68. The minimum atomic E-state index is -1.07. The molecule has 0 fully saturated rings. The summed E-state index contributed by atoms with van der Waals surface area (Å²) in [4.78, 5) is 28.8. The van der Waals surface area contributed by atoms with Gasteiger partial charge >= 0.3 is 0 Å². The number of carbonyl (C=O) groups is 1. The van der Waals surface area contributed by atoms with Crippen molar-refractivity contribution in [2.45, 2.75) is 5.03 Å². The number of thioether (sulfide) groups is 1. The highest BCUT2D eigenvalue weighted by atomic mass is 32.2. The zero-order chi connectivity index (χ0) is 21.7. The third kappa shape index (κ3) is 4.77. The number of nitrogens with zero attached hydrogens (tertiary/aromatic N) is 2. The van der Waals surface area contributed by atoms with Gasteiger partial charge in [0, 0.05) is 30.2 Å². The number of halogens is 2. The second-order valence-electron chi connectivity index (χ2n) is 5.91. The van der Waals surface area contributed by atoms with E-state index in [-0.39, 0.29) is 22.4 Å². The topological polar surface area (TPSA) is 82.5 Å². The largest absolute Gasteiger partial charge is 0.493 e. The number of rotatable bonds is 7. The molecule has 1 N–H and O–H groups in total. The summed E-state index contributed by atoms with van der Waals surface area (Å²) in [5, 5.41) is 2.74. The maximum atomic E-state index is 13.5. The maximum Gasteiger partial charge on any atom is 0.287 e. The second-order valence-corrected chi connectivity index (χ2v) is 6.88. The Hall–Kier alpha value is -3.40. The lowest BCUT2D eigenvalue weighted by Gasteiger charge is -2.10. The van der Waals surface area contributed by atoms with Crippen molar-refractivity contribution in [3.05, 3.63) is 70.8 Å². The van der Waals surface area contributed by atoms with Crippen LogP contribution in [-0.2, 0) is 4.79 Å². The van der Waals surface area contributed by atoms with Crippen molar-refractivity contribution < 1.29 is 23.0 Å². The molecule has 0 aliphatic rings. The monoisotopic (exact) mass is 433 g/mol. The van der Waals surface area contributed by atoms with Gasteiger partial charge in [0.15, 0.2) is 28.2 Å². The fraction of sp³-hybridized carbons (Fsp3) is 0.150. The molecule has 0 spiro atoms. The molecule has 1 amide bonds. The average Bonchev–Trinajstić information content (AvgIpc) is 2.75. The van der Waals surface area contributed by atoms with E-state index in [1.54, 1.807) is 18.2 Å². The molecule has 30 heavy (non-hydrogen) atoms. The van der Waals surface area contributed by atoms with Gasteiger partial charge in [-0.15, -0.1) is 0 Å². The summed E-state index contributed by atoms with van der Waals surface area (Å²) in [5.74, 6) is -1.55. The molecule has 1 aromatic heterocycles. The number of benzene rings is 2. The summed E-state index contributed by atoms with van der Waals surface area (Å²) in [7, 11) is 2.99. The summed E-state index contributed by atoms with van der Waals surface area (Å²) in [5.41, 5.74) is 0.101. The lowest BCUT2D eigenvalue weighted by Crippen LogP contribution is -2.22. The number of carbonyl (C=O) groups excluding carboxylic acids is 1. The Morgan fingerprint density at radius 2 is 1.87 bits per heavy atom. The Bertz CT molecular complexity index is 1140. The van der Waals surface area contributed by atoms with Crippen LogP contribution in [0.25, 0.3) is 5.69 Å². The minimum absolute atomic E-state index is 0.0460. The number of nitrogens with one attached hydrogen (secondary N) is 1. The van der Waals surface area contributed by atoms with Gasteiger partial charge in [0.05, 0.1) is 25.7 Å². The van der Waals surface area contributed by atoms with Crippen LogP contribution in [0.15, 0.2) is 58.6 Å². The quantitative estimate of drug-likeness (QED) is 0.576. The van der Waals surface area contributed by atoms with E-state index in [9.17, 15) is 18.4 Å². The van der Waals surface area contributed by atoms with Crippen LogP contribution in [0.2, 0.25) is 0 Å². The van der Waals surface area contributed by atoms with Crippen LogP contribution in [0.4, 0.5) is 14.5 Å². The van der Waals surface area contributed by atoms with E-state index in [1.165, 1.54) is 32.7 Å². The molecular formula is C20H17F2N3O4S. The minimum Gasteiger partial charge on any atom is -0.493 e. The first-order chi connectivity index (χ1) is 14.4. The number of ether oxygens (including phenoxy) is 2. The van der Waals surface area contributed by atoms with Gasteiger partial charge in [-0.05, 0) is 24.3 Å². The van der Waals surface area contributed by atoms with Gasteiger partial charge in [0.2, 0.25) is 5.91 Å². The summed E-state index contributed by atoms with van der Waals surface area (Å²) in [6.45, 7) is 0. The van der Waals surface area contributed by atoms with Crippen LogP contribution in [0.3, 0.4) is 0 Å². The molecule has 1 heterocycles. The van der Waals surface area contributed by atoms with E-state index in [1.807, 2.05) is 0 Å². The van der Waals surface area contributed by atoms with Gasteiger partial charge in [0.1, 0.15) is 0 Å². The molecule has 10 heteroatoms. The van der Waals surface area contributed by atoms with Gasteiger partial charge in [-0.1, -0.05) is 11.8 Å². The molecular weight excluding hydrogens is 416 g/mol. The van der Waals surface area contributed by atoms with E-state index in [0.29, 0.717) is 17.2 Å². The predicted octanol–water partition coefficient (Wildman–Crippen LogP) is 3.26. The number of anilines is 1. The van der Waals surface area contributed by atoms with E-state index in [4.69, 9.17) is 9.47 Å². The van der Waals surface area contributed by atoms with Crippen LogP contribution < -0.4 is 20.3 Å². The van der Waals surface area contributed by atoms with Crippen molar-refractivity contribution in [1.82, 2.24) is 9.55 Å². The molecule has 2 aromatic carbocycles. The molecule has 3 aromatic rings. The van der Waals surface area contributed by atoms with Gasteiger partial charge < -0.3 is 14.8 Å². The Kier molecular flexibility index (Phi) is 6.68. The number of methoxy groups -OCH3 is 2. The zero-order valence-corrected chi connectivity index (χ0v) is 16.8. The zero-order valence-electron chi connectivity index (χ0n) is 16.0. The standard InChI is InChI=1S/C20H17F2N3O4S/c1-28-16-6-3-12(9-17(16)29-2)24-18(26)11-30-19-20(27)25(8-7-23-19)13-4-5-14(21)15(22)10-13/h3-10H,11H2,1-2H3,(H,24,26). The highest BCUT2D eigenvalue weighted by molar-refractivity contribution is 7.99. The molecule has 0 aliphatic carbocycles. The van der Waals surface area contributed by atoms with Crippen LogP contribution >= 0.6 is 11.8 Å². The van der Waals surface area contributed by atoms with Crippen LogP contribution in [0.5, 0.6) is 11.5 Å². The first-order valence-corrected chi connectivity index (χ1v) is 9.59. The summed E-state index contributed by atoms with van der Waals surface area (Å²) >= 11 is 0.928. The average molecular weight is 433 g/mol. The molecule has 0 radical (unpaired) electrons. The lowest BCUT2D eigenvalue weighted by atomic mass is 10.2. The van der Waals surface area contributed by atoms with Gasteiger partial charge in [-0.25, -0.2) is 13.8 Å². The van der Waals surface area contributed by atoms with E-state index in [2.05, 4.69) is 10.3 Å². The van der Waals surface area contributed by atoms with E-state index < -0.39 is 17.2 Å². The first-order valence-electron chi connectivity index (χ1n) is 8.60. The van der Waals surface area contributed by atoms with Gasteiger partial charge in [-0.3, -0.25) is 14.2 Å². The third-order valence-electron chi connectivity index (χ3n) is 4.00. The summed E-state index contributed by atoms with van der Waals surface area (Å²) in [6, 6.07) is 8.04. The molecule has 0 atom stereocenters. The second kappa shape index (κ2) is 9.40. The number of amides is 1. The normalized spacial score (nSPS) is 10.5. The number of aromatic nitrogens is 2. The molecule has 0 aliphatic heterocycles. The Balaban J connectivity index is 1.71. The SMILES string of the molecule is COc1ccc(NC(=O)CSc2nccn(-c3ccc(F)c(F)c3)c2=O)cc1OC. The number of hydrogen-bond donors (Lipinski definition) is 1. The van der Waals surface area contributed by atoms with Gasteiger partial charge in [-0.2, -0.15) is 0 Å². The summed E-state index contributed by atoms with van der Waals surface area (Å²) < 4.78 is 38.1. The van der Waals surface area contributed by atoms with Crippen molar-refractivity contribution >= 4 is 23.4 Å². The van der Waals surface area contributed by atoms with Gasteiger partial charge in [0.25, 0.3) is 5.56 Å². The highest BCUT2D eigenvalue weighted by Gasteiger charge is 2.13.